The molecule has 1 aliphatic rings. The summed E-state index contributed by atoms with van der Waals surface area (Å²) < 4.78 is 27.5. The molecule has 0 saturated heterocycles. The fourth-order valence-corrected chi connectivity index (χ4v) is 4.72. The average Bonchev–Trinajstić information content (AvgIpc) is 2.79. The van der Waals surface area contributed by atoms with Crippen LogP contribution < -0.4 is 0 Å². The lowest BCUT2D eigenvalue weighted by Gasteiger charge is -2.32. The van der Waals surface area contributed by atoms with Crippen LogP contribution in [0.5, 0.6) is 0 Å². The van der Waals surface area contributed by atoms with Gasteiger partial charge in [0.05, 0.1) is 17.5 Å². The molecular weight excluding hydrogens is 324 g/mol. The highest BCUT2D eigenvalue weighted by Gasteiger charge is 2.36. The number of benzene rings is 1. The number of azide groups is 1. The molecule has 1 aromatic rings. The lowest BCUT2D eigenvalue weighted by molar-refractivity contribution is 0.287. The Morgan fingerprint density at radius 1 is 1.29 bits per heavy atom. The van der Waals surface area contributed by atoms with Gasteiger partial charge in [0.1, 0.15) is 0 Å². The van der Waals surface area contributed by atoms with Gasteiger partial charge < -0.3 is 0 Å². The van der Waals surface area contributed by atoms with Crippen molar-refractivity contribution >= 4 is 10.0 Å². The van der Waals surface area contributed by atoms with E-state index in [4.69, 9.17) is 12.0 Å². The molecule has 0 radical (unpaired) electrons. The van der Waals surface area contributed by atoms with Crippen LogP contribution in [0.1, 0.15) is 37.7 Å². The van der Waals surface area contributed by atoms with Crippen molar-refractivity contribution in [3.8, 4) is 12.3 Å². The number of hydrogen-bond acceptors (Lipinski definition) is 3. The van der Waals surface area contributed by atoms with Crippen LogP contribution in [0.25, 0.3) is 10.4 Å². The van der Waals surface area contributed by atoms with Gasteiger partial charge in [0.25, 0.3) is 0 Å². The quantitative estimate of drug-likeness (QED) is 0.268. The SMILES string of the molecule is C#CCN([C@H]1CCCCC[C@@H]1N=[N+]=[N-])S(=O)(=O)c1ccc(C)cc1. The van der Waals surface area contributed by atoms with Crippen molar-refractivity contribution in [1.29, 1.82) is 0 Å². The minimum Gasteiger partial charge on any atom is -0.207 e. The summed E-state index contributed by atoms with van der Waals surface area (Å²) >= 11 is 0. The minimum absolute atomic E-state index is 0.0294. The van der Waals surface area contributed by atoms with Gasteiger partial charge in [0, 0.05) is 11.0 Å². The Kier molecular flexibility index (Phi) is 6.27. The molecule has 24 heavy (non-hydrogen) atoms. The third kappa shape index (κ3) is 4.09. The Hall–Kier alpha value is -2.00. The Labute approximate surface area is 143 Å². The molecule has 0 aromatic heterocycles. The summed E-state index contributed by atoms with van der Waals surface area (Å²) in [4.78, 5) is 3.13. The smallest absolute Gasteiger partial charge is 0.207 e. The minimum atomic E-state index is -3.74. The highest BCUT2D eigenvalue weighted by atomic mass is 32.2. The second-order valence-electron chi connectivity index (χ2n) is 6.05. The van der Waals surface area contributed by atoms with Crippen LogP contribution >= 0.6 is 0 Å². The number of hydrogen-bond donors (Lipinski definition) is 0. The zero-order valence-electron chi connectivity index (χ0n) is 13.8. The van der Waals surface area contributed by atoms with E-state index in [1.807, 2.05) is 6.92 Å². The lowest BCUT2D eigenvalue weighted by Crippen LogP contribution is -2.46. The molecule has 1 aliphatic carbocycles. The standard InChI is InChI=1S/C17H22N4O2S/c1-3-13-21(17-8-6-4-5-7-16(17)19-20-18)24(22,23)15-11-9-14(2)10-12-15/h1,9-12,16-17H,4-8,13H2,2H3/t16-,17-/m0/s1. The average molecular weight is 346 g/mol. The fourth-order valence-electron chi connectivity index (χ4n) is 3.12. The molecule has 2 atom stereocenters. The van der Waals surface area contributed by atoms with Crippen LogP contribution in [0.2, 0.25) is 0 Å². The largest absolute Gasteiger partial charge is 0.244 e. The molecule has 2 rings (SSSR count). The monoisotopic (exact) mass is 346 g/mol. The van der Waals surface area contributed by atoms with Crippen LogP contribution in [-0.4, -0.2) is 31.4 Å². The summed E-state index contributed by atoms with van der Waals surface area (Å²) in [6.45, 7) is 1.87. The van der Waals surface area contributed by atoms with Gasteiger partial charge in [-0.15, -0.1) is 6.42 Å². The van der Waals surface area contributed by atoms with Gasteiger partial charge in [0.2, 0.25) is 10.0 Å². The molecule has 7 heteroatoms. The Morgan fingerprint density at radius 3 is 2.58 bits per heavy atom. The predicted octanol–water partition coefficient (Wildman–Crippen LogP) is 3.63. The van der Waals surface area contributed by atoms with Crippen LogP contribution in [0.15, 0.2) is 34.3 Å². The second kappa shape index (κ2) is 8.20. The van der Waals surface area contributed by atoms with Gasteiger partial charge in [-0.2, -0.15) is 4.31 Å². The molecule has 1 saturated carbocycles. The van der Waals surface area contributed by atoms with Crippen molar-refractivity contribution in [3.05, 3.63) is 40.3 Å². The van der Waals surface area contributed by atoms with Gasteiger partial charge in [-0.1, -0.05) is 48.0 Å². The molecule has 0 spiro atoms. The second-order valence-corrected chi connectivity index (χ2v) is 7.94. The maximum absolute atomic E-state index is 13.1. The summed E-state index contributed by atoms with van der Waals surface area (Å²) in [6, 6.07) is 5.93. The van der Waals surface area contributed by atoms with Crippen molar-refractivity contribution in [2.24, 2.45) is 5.11 Å². The first-order valence-electron chi connectivity index (χ1n) is 8.07. The van der Waals surface area contributed by atoms with Crippen LogP contribution in [-0.2, 0) is 10.0 Å². The van der Waals surface area contributed by atoms with E-state index in [1.54, 1.807) is 24.3 Å². The number of terminal acetylenes is 1. The molecule has 6 nitrogen and oxygen atoms in total. The Morgan fingerprint density at radius 2 is 1.96 bits per heavy atom. The van der Waals surface area contributed by atoms with E-state index < -0.39 is 16.1 Å². The van der Waals surface area contributed by atoms with Gasteiger partial charge in [0.15, 0.2) is 0 Å². The molecule has 0 aliphatic heterocycles. The normalized spacial score (nSPS) is 21.5. The summed E-state index contributed by atoms with van der Waals surface area (Å²) in [5, 5.41) is 3.86. The molecule has 1 aromatic carbocycles. The van der Waals surface area contributed by atoms with E-state index in [0.717, 1.165) is 24.8 Å². The number of rotatable bonds is 5. The lowest BCUT2D eigenvalue weighted by atomic mass is 10.0. The first-order valence-corrected chi connectivity index (χ1v) is 9.51. The summed E-state index contributed by atoms with van der Waals surface area (Å²) in [7, 11) is -3.74. The van der Waals surface area contributed by atoms with Gasteiger partial charge >= 0.3 is 0 Å². The zero-order chi connectivity index (χ0) is 17.6. The summed E-state index contributed by atoms with van der Waals surface area (Å²) in [6.07, 6.45) is 9.59. The van der Waals surface area contributed by atoms with Crippen molar-refractivity contribution in [2.75, 3.05) is 6.54 Å². The van der Waals surface area contributed by atoms with Crippen LogP contribution in [0.4, 0.5) is 0 Å². The van der Waals surface area contributed by atoms with E-state index in [1.165, 1.54) is 4.31 Å². The van der Waals surface area contributed by atoms with Crippen molar-refractivity contribution in [3.63, 3.8) is 0 Å². The van der Waals surface area contributed by atoms with Gasteiger partial charge in [-0.3, -0.25) is 0 Å². The van der Waals surface area contributed by atoms with E-state index in [-0.39, 0.29) is 17.5 Å². The Bertz CT molecular complexity index is 746. The Balaban J connectivity index is 2.44. The van der Waals surface area contributed by atoms with E-state index in [2.05, 4.69) is 15.9 Å². The third-order valence-corrected chi connectivity index (χ3v) is 6.27. The zero-order valence-corrected chi connectivity index (χ0v) is 14.6. The van der Waals surface area contributed by atoms with E-state index >= 15 is 0 Å². The van der Waals surface area contributed by atoms with Gasteiger partial charge in [-0.05, 0) is 37.4 Å². The molecular formula is C17H22N4O2S. The van der Waals surface area contributed by atoms with E-state index in [0.29, 0.717) is 12.8 Å². The van der Waals surface area contributed by atoms with E-state index in [9.17, 15) is 8.42 Å². The van der Waals surface area contributed by atoms with Crippen LogP contribution in [0.3, 0.4) is 0 Å². The maximum atomic E-state index is 13.1. The first-order chi connectivity index (χ1) is 11.5. The van der Waals surface area contributed by atoms with Crippen molar-refractivity contribution < 1.29 is 8.42 Å². The molecule has 128 valence electrons. The fraction of sp³-hybridized carbons (Fsp3) is 0.529. The molecule has 0 N–H and O–H groups in total. The number of sulfonamides is 1. The molecule has 1 fully saturated rings. The summed E-state index contributed by atoms with van der Waals surface area (Å²) in [5.41, 5.74) is 9.83. The highest BCUT2D eigenvalue weighted by molar-refractivity contribution is 7.89. The van der Waals surface area contributed by atoms with Crippen molar-refractivity contribution in [1.82, 2.24) is 4.31 Å². The van der Waals surface area contributed by atoms with Crippen LogP contribution in [0, 0.1) is 19.3 Å². The predicted molar refractivity (Wildman–Crippen MR) is 93.7 cm³/mol. The number of nitrogens with zero attached hydrogens (tertiary/aromatic N) is 4. The molecule has 0 bridgehead atoms. The molecule has 0 amide bonds. The topological polar surface area (TPSA) is 86.1 Å². The number of aryl methyl sites for hydroxylation is 1. The van der Waals surface area contributed by atoms with Crippen molar-refractivity contribution in [2.45, 2.75) is 56.0 Å². The third-order valence-electron chi connectivity index (χ3n) is 4.39. The van der Waals surface area contributed by atoms with Gasteiger partial charge in [-0.25, -0.2) is 8.42 Å². The molecule has 0 unspecified atom stereocenters. The first kappa shape index (κ1) is 18.3. The highest BCUT2D eigenvalue weighted by Crippen LogP contribution is 2.29. The maximum Gasteiger partial charge on any atom is 0.244 e. The molecule has 0 heterocycles. The summed E-state index contributed by atoms with van der Waals surface area (Å²) in [5.74, 6) is 2.45.